The van der Waals surface area contributed by atoms with Gasteiger partial charge in [0.15, 0.2) is 0 Å². The molecule has 26 heavy (non-hydrogen) atoms. The first-order chi connectivity index (χ1) is 12.7. The van der Waals surface area contributed by atoms with E-state index >= 15 is 0 Å². The molecule has 4 nitrogen and oxygen atoms in total. The maximum absolute atomic E-state index is 5.37. The second kappa shape index (κ2) is 7.18. The van der Waals surface area contributed by atoms with Crippen LogP contribution >= 0.6 is 0 Å². The summed E-state index contributed by atoms with van der Waals surface area (Å²) in [5.41, 5.74) is 5.85. The second-order valence-electron chi connectivity index (χ2n) is 6.56. The number of fused-ring (bicyclic) bond motifs is 2. The summed E-state index contributed by atoms with van der Waals surface area (Å²) in [5.74, 6) is 0.895. The Morgan fingerprint density at radius 1 is 1.08 bits per heavy atom. The Hall–Kier alpha value is -2.85. The lowest BCUT2D eigenvalue weighted by atomic mass is 10.1. The molecule has 0 saturated carbocycles. The number of benzene rings is 2. The van der Waals surface area contributed by atoms with Gasteiger partial charge >= 0.3 is 0 Å². The lowest BCUT2D eigenvalue weighted by molar-refractivity contribution is 0.415. The molecule has 0 unspecified atom stereocenters. The largest absolute Gasteiger partial charge is 0.497 e. The van der Waals surface area contributed by atoms with Crippen LogP contribution < -0.4 is 10.1 Å². The SMILES string of the molecule is COc1ccc2[nH]c(C)c(CCNCc3ccc4ccccc4n3)c2c1. The topological polar surface area (TPSA) is 49.9 Å². The molecule has 2 heterocycles. The summed E-state index contributed by atoms with van der Waals surface area (Å²) in [6.07, 6.45) is 0.965. The Bertz CT molecular complexity index is 1050. The molecule has 0 radical (unpaired) electrons. The maximum Gasteiger partial charge on any atom is 0.119 e. The summed E-state index contributed by atoms with van der Waals surface area (Å²) in [6.45, 7) is 3.81. The minimum absolute atomic E-state index is 0.773. The number of aromatic nitrogens is 2. The van der Waals surface area contributed by atoms with Gasteiger partial charge in [-0.1, -0.05) is 24.3 Å². The maximum atomic E-state index is 5.37. The van der Waals surface area contributed by atoms with Crippen LogP contribution in [0.25, 0.3) is 21.8 Å². The summed E-state index contributed by atoms with van der Waals surface area (Å²) < 4.78 is 5.37. The van der Waals surface area contributed by atoms with E-state index in [0.29, 0.717) is 0 Å². The molecule has 0 bridgehead atoms. The molecule has 0 amide bonds. The fraction of sp³-hybridized carbons (Fsp3) is 0.227. The van der Waals surface area contributed by atoms with Crippen molar-refractivity contribution in [3.8, 4) is 5.75 Å². The van der Waals surface area contributed by atoms with E-state index in [1.165, 1.54) is 22.0 Å². The fourth-order valence-corrected chi connectivity index (χ4v) is 3.45. The number of para-hydroxylation sites is 1. The number of H-pyrrole nitrogens is 1. The molecule has 2 aromatic carbocycles. The van der Waals surface area contributed by atoms with E-state index in [4.69, 9.17) is 9.72 Å². The van der Waals surface area contributed by atoms with Gasteiger partial charge in [-0.3, -0.25) is 4.98 Å². The summed E-state index contributed by atoms with van der Waals surface area (Å²) in [5, 5.41) is 5.94. The smallest absolute Gasteiger partial charge is 0.119 e. The number of hydrogen-bond acceptors (Lipinski definition) is 3. The van der Waals surface area contributed by atoms with Gasteiger partial charge in [-0.25, -0.2) is 0 Å². The van der Waals surface area contributed by atoms with E-state index in [9.17, 15) is 0 Å². The molecule has 132 valence electrons. The minimum atomic E-state index is 0.773. The third-order valence-electron chi connectivity index (χ3n) is 4.84. The van der Waals surface area contributed by atoms with E-state index in [1.54, 1.807) is 7.11 Å². The van der Waals surface area contributed by atoms with Gasteiger partial charge in [0.1, 0.15) is 5.75 Å². The van der Waals surface area contributed by atoms with Crippen LogP contribution in [0.2, 0.25) is 0 Å². The lowest BCUT2D eigenvalue weighted by Crippen LogP contribution is -2.17. The monoisotopic (exact) mass is 345 g/mol. The number of hydrogen-bond donors (Lipinski definition) is 2. The Balaban J connectivity index is 1.42. The number of ether oxygens (including phenoxy) is 1. The minimum Gasteiger partial charge on any atom is -0.497 e. The zero-order valence-electron chi connectivity index (χ0n) is 15.2. The van der Waals surface area contributed by atoms with Crippen LogP contribution in [-0.4, -0.2) is 23.6 Å². The van der Waals surface area contributed by atoms with Crippen molar-refractivity contribution in [3.63, 3.8) is 0 Å². The van der Waals surface area contributed by atoms with Gasteiger partial charge in [0.2, 0.25) is 0 Å². The number of rotatable bonds is 6. The van der Waals surface area contributed by atoms with Crippen molar-refractivity contribution >= 4 is 21.8 Å². The van der Waals surface area contributed by atoms with Crippen LogP contribution in [0.5, 0.6) is 5.75 Å². The quantitative estimate of drug-likeness (QED) is 0.510. The van der Waals surface area contributed by atoms with Gasteiger partial charge in [-0.2, -0.15) is 0 Å². The van der Waals surface area contributed by atoms with E-state index < -0.39 is 0 Å². The van der Waals surface area contributed by atoms with Crippen molar-refractivity contribution in [2.75, 3.05) is 13.7 Å². The molecule has 0 aliphatic carbocycles. The van der Waals surface area contributed by atoms with Crippen LogP contribution in [0.4, 0.5) is 0 Å². The lowest BCUT2D eigenvalue weighted by Gasteiger charge is -2.07. The summed E-state index contributed by atoms with van der Waals surface area (Å²) in [7, 11) is 1.71. The average molecular weight is 345 g/mol. The highest BCUT2D eigenvalue weighted by atomic mass is 16.5. The first kappa shape index (κ1) is 16.6. The predicted octanol–water partition coefficient (Wildman–Crippen LogP) is 4.37. The van der Waals surface area contributed by atoms with Crippen molar-refractivity contribution < 1.29 is 4.74 Å². The van der Waals surface area contributed by atoms with Gasteiger partial charge < -0.3 is 15.0 Å². The Kier molecular flexibility index (Phi) is 4.59. The standard InChI is InChI=1S/C22H23N3O/c1-15-19(20-13-18(26-2)9-10-22(20)24-15)11-12-23-14-17-8-7-16-5-3-4-6-21(16)25-17/h3-10,13,23-24H,11-12,14H2,1-2H3. The van der Waals surface area contributed by atoms with E-state index in [-0.39, 0.29) is 0 Å². The van der Waals surface area contributed by atoms with Crippen molar-refractivity contribution in [2.24, 2.45) is 0 Å². The highest BCUT2D eigenvalue weighted by Crippen LogP contribution is 2.26. The highest BCUT2D eigenvalue weighted by Gasteiger charge is 2.09. The number of pyridine rings is 1. The molecular formula is C22H23N3O. The molecule has 0 aliphatic heterocycles. The van der Waals surface area contributed by atoms with Crippen molar-refractivity contribution in [1.29, 1.82) is 0 Å². The Labute approximate surface area is 153 Å². The molecular weight excluding hydrogens is 322 g/mol. The van der Waals surface area contributed by atoms with E-state index in [1.807, 2.05) is 18.2 Å². The summed E-state index contributed by atoms with van der Waals surface area (Å²) >= 11 is 0. The number of aromatic amines is 1. The fourth-order valence-electron chi connectivity index (χ4n) is 3.45. The first-order valence-electron chi connectivity index (χ1n) is 8.95. The van der Waals surface area contributed by atoms with Crippen molar-refractivity contribution in [3.05, 3.63) is 71.5 Å². The van der Waals surface area contributed by atoms with Crippen LogP contribution in [0.1, 0.15) is 17.0 Å². The first-order valence-corrected chi connectivity index (χ1v) is 8.95. The third-order valence-corrected chi connectivity index (χ3v) is 4.84. The van der Waals surface area contributed by atoms with E-state index in [2.05, 4.69) is 53.6 Å². The van der Waals surface area contributed by atoms with Crippen molar-refractivity contribution in [2.45, 2.75) is 19.9 Å². The Morgan fingerprint density at radius 2 is 1.96 bits per heavy atom. The molecule has 4 rings (SSSR count). The number of aryl methyl sites for hydroxylation is 1. The zero-order valence-corrected chi connectivity index (χ0v) is 15.2. The molecule has 0 aliphatic rings. The van der Waals surface area contributed by atoms with Crippen LogP contribution in [0.3, 0.4) is 0 Å². The summed E-state index contributed by atoms with van der Waals surface area (Å²) in [6, 6.07) is 18.6. The molecule has 2 aromatic heterocycles. The number of nitrogens with one attached hydrogen (secondary N) is 2. The van der Waals surface area contributed by atoms with E-state index in [0.717, 1.165) is 42.0 Å². The molecule has 4 heteroatoms. The molecule has 4 aromatic rings. The number of methoxy groups -OCH3 is 1. The second-order valence-corrected chi connectivity index (χ2v) is 6.56. The van der Waals surface area contributed by atoms with Crippen LogP contribution in [-0.2, 0) is 13.0 Å². The molecule has 0 spiro atoms. The molecule has 0 saturated heterocycles. The van der Waals surface area contributed by atoms with Gasteiger partial charge in [-0.05, 0) is 55.8 Å². The average Bonchev–Trinajstić information content (AvgIpc) is 2.99. The normalized spacial score (nSPS) is 11.3. The van der Waals surface area contributed by atoms with Crippen molar-refractivity contribution in [1.82, 2.24) is 15.3 Å². The molecule has 2 N–H and O–H groups in total. The number of nitrogens with zero attached hydrogens (tertiary/aromatic N) is 1. The van der Waals surface area contributed by atoms with Gasteiger partial charge in [0.25, 0.3) is 0 Å². The molecule has 0 atom stereocenters. The highest BCUT2D eigenvalue weighted by molar-refractivity contribution is 5.86. The van der Waals surface area contributed by atoms with Crippen LogP contribution in [0, 0.1) is 6.92 Å². The Morgan fingerprint density at radius 3 is 2.85 bits per heavy atom. The molecule has 0 fully saturated rings. The third kappa shape index (κ3) is 3.28. The summed E-state index contributed by atoms with van der Waals surface area (Å²) in [4.78, 5) is 8.18. The zero-order chi connectivity index (χ0) is 17.9. The van der Waals surface area contributed by atoms with Gasteiger partial charge in [-0.15, -0.1) is 0 Å². The van der Waals surface area contributed by atoms with Gasteiger partial charge in [0.05, 0.1) is 18.3 Å². The van der Waals surface area contributed by atoms with Gasteiger partial charge in [0, 0.05) is 28.5 Å². The van der Waals surface area contributed by atoms with Crippen LogP contribution in [0.15, 0.2) is 54.6 Å². The predicted molar refractivity (Wildman–Crippen MR) is 107 cm³/mol.